The smallest absolute Gasteiger partial charge is 0.225 e. The zero-order valence-corrected chi connectivity index (χ0v) is 12.8. The van der Waals surface area contributed by atoms with E-state index in [4.69, 9.17) is 5.14 Å². The Hall–Kier alpha value is 0.0900. The van der Waals surface area contributed by atoms with Gasteiger partial charge in [-0.15, -0.1) is 11.3 Å². The molecular formula is C10H18BrNO2S2. The van der Waals surface area contributed by atoms with Crippen LogP contribution in [0.2, 0.25) is 0 Å². The molecule has 2 N–H and O–H groups in total. The lowest BCUT2D eigenvalue weighted by molar-refractivity contribution is 0.598. The molecule has 0 amide bonds. The van der Waals surface area contributed by atoms with Gasteiger partial charge in [-0.25, -0.2) is 13.6 Å². The van der Waals surface area contributed by atoms with Crippen LogP contribution >= 0.6 is 27.3 Å². The summed E-state index contributed by atoms with van der Waals surface area (Å²) in [7, 11) is -3.51. The van der Waals surface area contributed by atoms with Gasteiger partial charge in [-0.3, -0.25) is 0 Å². The van der Waals surface area contributed by atoms with E-state index < -0.39 is 10.0 Å². The number of rotatable bonds is 5. The van der Waals surface area contributed by atoms with E-state index >= 15 is 0 Å². The zero-order chi connectivity index (χ0) is 12.6. The molecule has 94 valence electrons. The number of halogens is 1. The Morgan fingerprint density at radius 3 is 2.44 bits per heavy atom. The van der Waals surface area contributed by atoms with E-state index in [1.807, 2.05) is 13.8 Å². The topological polar surface area (TPSA) is 60.2 Å². The van der Waals surface area contributed by atoms with Gasteiger partial charge in [0.25, 0.3) is 0 Å². The lowest BCUT2D eigenvalue weighted by atomic mass is 10.2. The van der Waals surface area contributed by atoms with Crippen LogP contribution < -0.4 is 5.14 Å². The first-order valence-electron chi connectivity index (χ1n) is 5.20. The molecular weight excluding hydrogens is 310 g/mol. The van der Waals surface area contributed by atoms with Gasteiger partial charge in [0, 0.05) is 15.6 Å². The van der Waals surface area contributed by atoms with Gasteiger partial charge in [0.2, 0.25) is 10.0 Å². The van der Waals surface area contributed by atoms with Gasteiger partial charge in [0.15, 0.2) is 0 Å². The van der Waals surface area contributed by atoms with E-state index in [1.54, 1.807) is 11.4 Å². The summed E-state index contributed by atoms with van der Waals surface area (Å²) in [4.78, 5) is 1.31. The van der Waals surface area contributed by atoms with Gasteiger partial charge in [-0.05, 0) is 25.3 Å². The molecule has 1 rings (SSSR count). The van der Waals surface area contributed by atoms with Crippen molar-refractivity contribution >= 4 is 37.3 Å². The maximum Gasteiger partial charge on any atom is 0.238 e. The number of sulfonamides is 1. The molecule has 0 saturated carbocycles. The predicted molar refractivity (Wildman–Crippen MR) is 73.8 cm³/mol. The van der Waals surface area contributed by atoms with Crippen molar-refractivity contribution in [3.8, 4) is 0 Å². The van der Waals surface area contributed by atoms with Crippen LogP contribution in [0.1, 0.15) is 31.6 Å². The molecule has 3 nitrogen and oxygen atoms in total. The minimum Gasteiger partial charge on any atom is -0.225 e. The van der Waals surface area contributed by atoms with Crippen molar-refractivity contribution in [2.75, 3.05) is 5.33 Å². The number of aryl methyl sites for hydroxylation is 1. The third-order valence-corrected chi connectivity index (χ3v) is 4.36. The summed E-state index contributed by atoms with van der Waals surface area (Å²) in [5, 5.41) is 7.58. The molecule has 16 heavy (non-hydrogen) atoms. The van der Waals surface area contributed by atoms with Crippen molar-refractivity contribution in [1.29, 1.82) is 0 Å². The monoisotopic (exact) mass is 327 g/mol. The fourth-order valence-corrected chi connectivity index (χ4v) is 3.29. The third kappa shape index (κ3) is 5.98. The highest BCUT2D eigenvalue weighted by atomic mass is 79.9. The largest absolute Gasteiger partial charge is 0.238 e. The van der Waals surface area contributed by atoms with Crippen LogP contribution in [0, 0.1) is 0 Å². The Bertz CT molecular complexity index is 387. The van der Waals surface area contributed by atoms with Crippen LogP contribution in [0.4, 0.5) is 0 Å². The third-order valence-electron chi connectivity index (χ3n) is 1.77. The zero-order valence-electron chi connectivity index (χ0n) is 9.57. The molecule has 0 spiro atoms. The molecule has 1 aromatic rings. The van der Waals surface area contributed by atoms with Crippen LogP contribution in [0.5, 0.6) is 0 Å². The lowest BCUT2D eigenvalue weighted by Crippen LogP contribution is -2.10. The van der Waals surface area contributed by atoms with E-state index in [9.17, 15) is 8.42 Å². The number of hydrogen-bond donors (Lipinski definition) is 1. The molecule has 6 heteroatoms. The Kier molecular flexibility index (Phi) is 8.27. The van der Waals surface area contributed by atoms with Gasteiger partial charge in [0.05, 0.1) is 4.90 Å². The van der Waals surface area contributed by atoms with E-state index in [2.05, 4.69) is 15.9 Å². The first-order valence-corrected chi connectivity index (χ1v) is 8.75. The lowest BCUT2D eigenvalue weighted by Gasteiger charge is -1.94. The number of primary sulfonamides is 1. The Balaban J connectivity index is 0.00000106. The van der Waals surface area contributed by atoms with Gasteiger partial charge in [-0.2, -0.15) is 0 Å². The second kappa shape index (κ2) is 8.22. The molecule has 1 aromatic heterocycles. The molecule has 0 bridgehead atoms. The van der Waals surface area contributed by atoms with Crippen molar-refractivity contribution in [1.82, 2.24) is 0 Å². The van der Waals surface area contributed by atoms with Crippen LogP contribution in [-0.4, -0.2) is 13.7 Å². The summed E-state index contributed by atoms with van der Waals surface area (Å²) in [6, 6.07) is 1.66. The molecule has 0 radical (unpaired) electrons. The fourth-order valence-electron chi connectivity index (χ4n) is 1.03. The number of hydrogen-bond acceptors (Lipinski definition) is 3. The first-order chi connectivity index (χ1) is 7.54. The van der Waals surface area contributed by atoms with Crippen molar-refractivity contribution in [3.63, 3.8) is 0 Å². The summed E-state index contributed by atoms with van der Waals surface area (Å²) < 4.78 is 21.9. The van der Waals surface area contributed by atoms with Gasteiger partial charge in [-0.1, -0.05) is 29.8 Å². The average Bonchev–Trinajstić information content (AvgIpc) is 2.69. The predicted octanol–water partition coefficient (Wildman–Crippen LogP) is 3.14. The molecule has 0 aliphatic carbocycles. The number of unbranched alkanes of at least 4 members (excludes halogenated alkanes) is 1. The highest BCUT2D eigenvalue weighted by molar-refractivity contribution is 9.09. The summed E-state index contributed by atoms with van der Waals surface area (Å²) in [6.45, 7) is 4.00. The van der Waals surface area contributed by atoms with E-state index in [1.165, 1.54) is 11.3 Å². The normalized spacial score (nSPS) is 10.8. The van der Waals surface area contributed by atoms with Gasteiger partial charge in [0.1, 0.15) is 0 Å². The Labute approximate surface area is 110 Å². The summed E-state index contributed by atoms with van der Waals surface area (Å²) in [6.07, 6.45) is 3.09. The highest BCUT2D eigenvalue weighted by Crippen LogP contribution is 2.19. The number of nitrogens with two attached hydrogens (primary N) is 1. The SMILES string of the molecule is CC.NS(=O)(=O)c1csc(CCCCBr)c1. The van der Waals surface area contributed by atoms with Gasteiger partial charge < -0.3 is 0 Å². The average molecular weight is 328 g/mol. The quantitative estimate of drug-likeness (QED) is 0.667. The molecule has 0 fully saturated rings. The standard InChI is InChI=1S/C8H12BrNO2S2.C2H6/c9-4-2-1-3-7-5-8(6-13-7)14(10,11)12;1-2/h5-6H,1-4H2,(H2,10,11,12);1-2H3. The first kappa shape index (κ1) is 16.1. The van der Waals surface area contributed by atoms with Crippen molar-refractivity contribution in [2.24, 2.45) is 5.14 Å². The highest BCUT2D eigenvalue weighted by Gasteiger charge is 2.09. The summed E-state index contributed by atoms with van der Waals surface area (Å²) >= 11 is 4.80. The van der Waals surface area contributed by atoms with Gasteiger partial charge >= 0.3 is 0 Å². The summed E-state index contributed by atoms with van der Waals surface area (Å²) in [5.41, 5.74) is 0. The molecule has 1 heterocycles. The van der Waals surface area contributed by atoms with Crippen molar-refractivity contribution < 1.29 is 8.42 Å². The molecule has 0 unspecified atom stereocenters. The maximum absolute atomic E-state index is 11.0. The second-order valence-electron chi connectivity index (χ2n) is 2.94. The molecule has 0 atom stereocenters. The Morgan fingerprint density at radius 2 is 2.00 bits per heavy atom. The molecule has 0 aliphatic heterocycles. The Morgan fingerprint density at radius 1 is 1.38 bits per heavy atom. The van der Waals surface area contributed by atoms with Crippen LogP contribution in [0.3, 0.4) is 0 Å². The van der Waals surface area contributed by atoms with Crippen LogP contribution in [0.25, 0.3) is 0 Å². The fraction of sp³-hybridized carbons (Fsp3) is 0.600. The molecule has 0 aliphatic rings. The van der Waals surface area contributed by atoms with Crippen LogP contribution in [0.15, 0.2) is 16.3 Å². The second-order valence-corrected chi connectivity index (χ2v) is 6.29. The van der Waals surface area contributed by atoms with E-state index in [-0.39, 0.29) is 4.90 Å². The minimum absolute atomic E-state index is 0.233. The van der Waals surface area contributed by atoms with Crippen molar-refractivity contribution in [3.05, 3.63) is 16.3 Å². The van der Waals surface area contributed by atoms with E-state index in [0.717, 1.165) is 29.5 Å². The maximum atomic E-state index is 11.0. The number of thiophene rings is 1. The minimum atomic E-state index is -3.51. The molecule has 0 aromatic carbocycles. The van der Waals surface area contributed by atoms with Crippen molar-refractivity contribution in [2.45, 2.75) is 38.0 Å². The summed E-state index contributed by atoms with van der Waals surface area (Å²) in [5.74, 6) is 0. The van der Waals surface area contributed by atoms with E-state index in [0.29, 0.717) is 0 Å². The molecule has 0 saturated heterocycles. The van der Waals surface area contributed by atoms with Crippen LogP contribution in [-0.2, 0) is 16.4 Å². The number of alkyl halides is 1.